The van der Waals surface area contributed by atoms with E-state index in [1.54, 1.807) is 0 Å². The summed E-state index contributed by atoms with van der Waals surface area (Å²) in [5, 5.41) is 8.41. The summed E-state index contributed by atoms with van der Waals surface area (Å²) in [4.78, 5) is 0. The van der Waals surface area contributed by atoms with Gasteiger partial charge >= 0.3 is 0 Å². The van der Waals surface area contributed by atoms with Crippen LogP contribution in [0.2, 0.25) is 0 Å². The average molecular weight is 267 g/mol. The molecule has 1 saturated carbocycles. The van der Waals surface area contributed by atoms with Crippen molar-refractivity contribution in [2.75, 3.05) is 0 Å². The minimum Gasteiger partial charge on any atom is -0.305 e. The number of aromatic nitrogens is 2. The number of nitrogens with one attached hydrogen (secondary N) is 1. The standard InChI is InChI=1S/C17H21N3/c1-4-8-16-13(5-1)12-18-17(16)11-14-9-10-20(19-14)15-6-2-3-7-15/h1,4-5,8-10,15,17-18H,2-3,6-7,11-12H2. The quantitative estimate of drug-likeness (QED) is 0.924. The third kappa shape index (κ3) is 2.16. The largest absolute Gasteiger partial charge is 0.305 e. The lowest BCUT2D eigenvalue weighted by Gasteiger charge is -2.11. The third-order valence-electron chi connectivity index (χ3n) is 4.75. The molecule has 1 aliphatic carbocycles. The molecule has 4 rings (SSSR count). The smallest absolute Gasteiger partial charge is 0.0643 e. The first-order valence-electron chi connectivity index (χ1n) is 7.75. The average Bonchev–Trinajstić information content (AvgIpc) is 3.19. The minimum atomic E-state index is 0.429. The van der Waals surface area contributed by atoms with Crippen molar-refractivity contribution in [2.24, 2.45) is 0 Å². The molecule has 3 nitrogen and oxygen atoms in total. The van der Waals surface area contributed by atoms with Crippen LogP contribution in [0.1, 0.15) is 54.6 Å². The van der Waals surface area contributed by atoms with Crippen LogP contribution in [0.15, 0.2) is 36.5 Å². The lowest BCUT2D eigenvalue weighted by atomic mass is 10.0. The molecular weight excluding hydrogens is 246 g/mol. The van der Waals surface area contributed by atoms with E-state index in [1.807, 2.05) is 0 Å². The van der Waals surface area contributed by atoms with Crippen molar-refractivity contribution < 1.29 is 0 Å². The van der Waals surface area contributed by atoms with Crippen molar-refractivity contribution in [1.82, 2.24) is 15.1 Å². The third-order valence-corrected chi connectivity index (χ3v) is 4.75. The fourth-order valence-electron chi connectivity index (χ4n) is 3.63. The van der Waals surface area contributed by atoms with E-state index in [-0.39, 0.29) is 0 Å². The van der Waals surface area contributed by atoms with Crippen LogP contribution in [0, 0.1) is 0 Å². The molecule has 0 radical (unpaired) electrons. The van der Waals surface area contributed by atoms with Crippen LogP contribution in [0.5, 0.6) is 0 Å². The Bertz CT molecular complexity index is 596. The molecule has 20 heavy (non-hydrogen) atoms. The van der Waals surface area contributed by atoms with E-state index >= 15 is 0 Å². The molecule has 1 unspecified atom stereocenters. The van der Waals surface area contributed by atoms with Crippen molar-refractivity contribution in [2.45, 2.75) is 50.7 Å². The fourth-order valence-corrected chi connectivity index (χ4v) is 3.63. The Morgan fingerprint density at radius 3 is 2.90 bits per heavy atom. The van der Waals surface area contributed by atoms with Crippen LogP contribution in [-0.2, 0) is 13.0 Å². The molecule has 0 bridgehead atoms. The highest BCUT2D eigenvalue weighted by Gasteiger charge is 2.23. The highest BCUT2D eigenvalue weighted by Crippen LogP contribution is 2.30. The molecule has 1 N–H and O–H groups in total. The number of hydrogen-bond donors (Lipinski definition) is 1. The summed E-state index contributed by atoms with van der Waals surface area (Å²) in [5.41, 5.74) is 4.10. The Morgan fingerprint density at radius 2 is 2.00 bits per heavy atom. The molecule has 104 valence electrons. The zero-order valence-electron chi connectivity index (χ0n) is 11.8. The summed E-state index contributed by atoms with van der Waals surface area (Å²) >= 11 is 0. The molecule has 2 heterocycles. The molecule has 2 aliphatic rings. The molecule has 1 aromatic carbocycles. The summed E-state index contributed by atoms with van der Waals surface area (Å²) in [7, 11) is 0. The van der Waals surface area contributed by atoms with Gasteiger partial charge in [-0.3, -0.25) is 4.68 Å². The van der Waals surface area contributed by atoms with Gasteiger partial charge in [-0.15, -0.1) is 0 Å². The van der Waals surface area contributed by atoms with Crippen molar-refractivity contribution >= 4 is 0 Å². The molecule has 1 fully saturated rings. The van der Waals surface area contributed by atoms with Gasteiger partial charge in [-0.05, 0) is 30.0 Å². The first-order chi connectivity index (χ1) is 9.90. The summed E-state index contributed by atoms with van der Waals surface area (Å²) in [6, 6.07) is 12.0. The second kappa shape index (κ2) is 5.06. The maximum Gasteiger partial charge on any atom is 0.0643 e. The monoisotopic (exact) mass is 267 g/mol. The van der Waals surface area contributed by atoms with E-state index in [1.165, 1.54) is 42.5 Å². The van der Waals surface area contributed by atoms with Crippen LogP contribution >= 0.6 is 0 Å². The predicted molar refractivity (Wildman–Crippen MR) is 79.5 cm³/mol. The Labute approximate surface area is 120 Å². The highest BCUT2D eigenvalue weighted by molar-refractivity contribution is 5.34. The van der Waals surface area contributed by atoms with Gasteiger partial charge < -0.3 is 5.32 Å². The van der Waals surface area contributed by atoms with Crippen LogP contribution in [0.3, 0.4) is 0 Å². The zero-order valence-corrected chi connectivity index (χ0v) is 11.8. The Hall–Kier alpha value is -1.61. The maximum atomic E-state index is 4.81. The number of rotatable bonds is 3. The second-order valence-corrected chi connectivity index (χ2v) is 6.06. The molecule has 1 aliphatic heterocycles. The van der Waals surface area contributed by atoms with Gasteiger partial charge in [-0.1, -0.05) is 37.1 Å². The predicted octanol–water partition coefficient (Wildman–Crippen LogP) is 3.39. The van der Waals surface area contributed by atoms with Gasteiger partial charge in [0.25, 0.3) is 0 Å². The molecule has 0 spiro atoms. The highest BCUT2D eigenvalue weighted by atomic mass is 15.3. The van der Waals surface area contributed by atoms with Crippen LogP contribution in [-0.4, -0.2) is 9.78 Å². The van der Waals surface area contributed by atoms with Crippen molar-refractivity contribution in [3.63, 3.8) is 0 Å². The lowest BCUT2D eigenvalue weighted by Crippen LogP contribution is -2.15. The van der Waals surface area contributed by atoms with E-state index in [0.717, 1.165) is 13.0 Å². The van der Waals surface area contributed by atoms with Crippen molar-refractivity contribution in [3.05, 3.63) is 53.3 Å². The van der Waals surface area contributed by atoms with Gasteiger partial charge in [0.15, 0.2) is 0 Å². The Kier molecular flexibility index (Phi) is 3.07. The molecule has 3 heteroatoms. The maximum absolute atomic E-state index is 4.81. The van der Waals surface area contributed by atoms with Crippen LogP contribution in [0.25, 0.3) is 0 Å². The first-order valence-corrected chi connectivity index (χ1v) is 7.75. The summed E-state index contributed by atoms with van der Waals surface area (Å²) < 4.78 is 2.20. The first kappa shape index (κ1) is 12.2. The van der Waals surface area contributed by atoms with Crippen LogP contribution in [0.4, 0.5) is 0 Å². The van der Waals surface area contributed by atoms with E-state index in [4.69, 9.17) is 5.10 Å². The van der Waals surface area contributed by atoms with Crippen molar-refractivity contribution in [1.29, 1.82) is 0 Å². The lowest BCUT2D eigenvalue weighted by molar-refractivity contribution is 0.459. The zero-order chi connectivity index (χ0) is 13.4. The van der Waals surface area contributed by atoms with Gasteiger partial charge in [0, 0.05) is 25.2 Å². The SMILES string of the molecule is c1ccc2c(c1)CNC2Cc1ccn(C2CCCC2)n1. The van der Waals surface area contributed by atoms with E-state index in [2.05, 4.69) is 46.5 Å². The van der Waals surface area contributed by atoms with E-state index < -0.39 is 0 Å². The van der Waals surface area contributed by atoms with E-state index in [0.29, 0.717) is 12.1 Å². The number of benzene rings is 1. The number of fused-ring (bicyclic) bond motifs is 1. The fraction of sp³-hybridized carbons (Fsp3) is 0.471. The van der Waals surface area contributed by atoms with Gasteiger partial charge in [0.2, 0.25) is 0 Å². The number of hydrogen-bond acceptors (Lipinski definition) is 2. The molecule has 1 atom stereocenters. The molecule has 2 aromatic rings. The topological polar surface area (TPSA) is 29.9 Å². The summed E-state index contributed by atoms with van der Waals surface area (Å²) in [6.45, 7) is 0.990. The summed E-state index contributed by atoms with van der Waals surface area (Å²) in [5.74, 6) is 0. The summed E-state index contributed by atoms with van der Waals surface area (Å²) in [6.07, 6.45) is 8.48. The van der Waals surface area contributed by atoms with Gasteiger partial charge in [-0.25, -0.2) is 0 Å². The normalized spacial score (nSPS) is 22.3. The Balaban J connectivity index is 1.50. The van der Waals surface area contributed by atoms with Gasteiger partial charge in [-0.2, -0.15) is 5.10 Å². The van der Waals surface area contributed by atoms with Crippen LogP contribution < -0.4 is 5.32 Å². The number of nitrogens with zero attached hydrogens (tertiary/aromatic N) is 2. The van der Waals surface area contributed by atoms with Gasteiger partial charge in [0.1, 0.15) is 0 Å². The minimum absolute atomic E-state index is 0.429. The Morgan fingerprint density at radius 1 is 1.15 bits per heavy atom. The van der Waals surface area contributed by atoms with Crippen molar-refractivity contribution in [3.8, 4) is 0 Å². The molecule has 1 aromatic heterocycles. The molecule has 0 saturated heterocycles. The van der Waals surface area contributed by atoms with Gasteiger partial charge in [0.05, 0.1) is 11.7 Å². The van der Waals surface area contributed by atoms with E-state index in [9.17, 15) is 0 Å². The second-order valence-electron chi connectivity index (χ2n) is 6.06. The molecule has 0 amide bonds. The molecular formula is C17H21N3.